The first-order valence-electron chi connectivity index (χ1n) is 9.28. The minimum Gasteiger partial charge on any atom is -0.488 e. The van der Waals surface area contributed by atoms with Crippen LogP contribution in [0.5, 0.6) is 17.4 Å². The number of nitrogens with zero attached hydrogens (tertiary/aromatic N) is 2. The third kappa shape index (κ3) is 5.93. The summed E-state index contributed by atoms with van der Waals surface area (Å²) in [6.45, 7) is 2.54. The summed E-state index contributed by atoms with van der Waals surface area (Å²) in [6.07, 6.45) is 6.18. The number of benzene rings is 1. The number of ether oxygens (including phenoxy) is 3. The number of rotatable bonds is 9. The van der Waals surface area contributed by atoms with Gasteiger partial charge < -0.3 is 14.2 Å². The maximum absolute atomic E-state index is 12.0. The molecule has 29 heavy (non-hydrogen) atoms. The first kappa shape index (κ1) is 20.6. The first-order valence-corrected chi connectivity index (χ1v) is 9.66. The van der Waals surface area contributed by atoms with E-state index in [1.54, 1.807) is 55.7 Å². The predicted molar refractivity (Wildman–Crippen MR) is 110 cm³/mol. The standard InChI is InChI=1S/C22H21ClN2O4/c1-2-27-22(26)19-15-24-12-10-16(19)6-5-13-28-20-9-4-11-25-21(20)29-18-8-3-7-17(23)14-18/h3-4,7-12,14-15H,2,5-6,13H2,1H3. The van der Waals surface area contributed by atoms with E-state index in [9.17, 15) is 4.79 Å². The molecule has 0 unspecified atom stereocenters. The van der Waals surface area contributed by atoms with E-state index in [0.717, 1.165) is 5.56 Å². The van der Waals surface area contributed by atoms with Crippen LogP contribution in [0, 0.1) is 0 Å². The molecular formula is C22H21ClN2O4. The second-order valence-electron chi connectivity index (χ2n) is 6.07. The Hall–Kier alpha value is -3.12. The molecule has 0 saturated heterocycles. The fourth-order valence-corrected chi connectivity index (χ4v) is 2.86. The number of halogens is 1. The second kappa shape index (κ2) is 10.4. The Balaban J connectivity index is 1.59. The van der Waals surface area contributed by atoms with Gasteiger partial charge in [-0.1, -0.05) is 17.7 Å². The van der Waals surface area contributed by atoms with E-state index < -0.39 is 0 Å². The van der Waals surface area contributed by atoms with E-state index in [0.29, 0.717) is 54.0 Å². The van der Waals surface area contributed by atoms with Crippen LogP contribution in [-0.4, -0.2) is 29.2 Å². The van der Waals surface area contributed by atoms with Crippen molar-refractivity contribution in [3.63, 3.8) is 0 Å². The van der Waals surface area contributed by atoms with Crippen molar-refractivity contribution in [2.24, 2.45) is 0 Å². The van der Waals surface area contributed by atoms with Crippen LogP contribution >= 0.6 is 11.6 Å². The molecule has 0 aliphatic carbocycles. The summed E-state index contributed by atoms with van der Waals surface area (Å²) in [5, 5.41) is 0.579. The van der Waals surface area contributed by atoms with Crippen LogP contribution in [0.4, 0.5) is 0 Å². The highest BCUT2D eigenvalue weighted by Gasteiger charge is 2.13. The predicted octanol–water partition coefficient (Wildman–Crippen LogP) is 5.11. The average Bonchev–Trinajstić information content (AvgIpc) is 2.73. The number of carbonyl (C=O) groups excluding carboxylic acids is 1. The molecule has 2 heterocycles. The van der Waals surface area contributed by atoms with E-state index in [4.69, 9.17) is 25.8 Å². The van der Waals surface area contributed by atoms with Crippen LogP contribution in [0.3, 0.4) is 0 Å². The highest BCUT2D eigenvalue weighted by molar-refractivity contribution is 6.30. The normalized spacial score (nSPS) is 10.4. The van der Waals surface area contributed by atoms with Gasteiger partial charge in [0.25, 0.3) is 5.88 Å². The molecule has 6 nitrogen and oxygen atoms in total. The van der Waals surface area contributed by atoms with Gasteiger partial charge in [-0.15, -0.1) is 0 Å². The van der Waals surface area contributed by atoms with Gasteiger partial charge in [-0.3, -0.25) is 4.98 Å². The smallest absolute Gasteiger partial charge is 0.339 e. The molecule has 0 fully saturated rings. The van der Waals surface area contributed by atoms with E-state index in [1.807, 2.05) is 6.07 Å². The minimum absolute atomic E-state index is 0.326. The summed E-state index contributed by atoms with van der Waals surface area (Å²) in [4.78, 5) is 20.3. The molecule has 0 radical (unpaired) electrons. The summed E-state index contributed by atoms with van der Waals surface area (Å²) in [5.74, 6) is 1.12. The molecule has 3 aromatic rings. The molecular weight excluding hydrogens is 392 g/mol. The molecule has 0 atom stereocenters. The monoisotopic (exact) mass is 412 g/mol. The quantitative estimate of drug-likeness (QED) is 0.359. The third-order valence-corrected chi connectivity index (χ3v) is 4.24. The molecule has 0 N–H and O–H groups in total. The molecule has 0 aliphatic heterocycles. The second-order valence-corrected chi connectivity index (χ2v) is 6.51. The van der Waals surface area contributed by atoms with Crippen LogP contribution in [0.15, 0.2) is 61.1 Å². The molecule has 0 amide bonds. The van der Waals surface area contributed by atoms with Gasteiger partial charge in [0.1, 0.15) is 5.75 Å². The van der Waals surface area contributed by atoms with Gasteiger partial charge in [-0.25, -0.2) is 9.78 Å². The van der Waals surface area contributed by atoms with Gasteiger partial charge in [-0.2, -0.15) is 0 Å². The minimum atomic E-state index is -0.360. The topological polar surface area (TPSA) is 70.5 Å². The number of esters is 1. The lowest BCUT2D eigenvalue weighted by atomic mass is 10.1. The summed E-state index contributed by atoms with van der Waals surface area (Å²) >= 11 is 6.00. The van der Waals surface area contributed by atoms with E-state index in [1.165, 1.54) is 6.20 Å². The molecule has 0 aliphatic rings. The number of hydrogen-bond donors (Lipinski definition) is 0. The number of pyridine rings is 2. The summed E-state index contributed by atoms with van der Waals surface area (Å²) < 4.78 is 16.7. The maximum Gasteiger partial charge on any atom is 0.339 e. The highest BCUT2D eigenvalue weighted by atomic mass is 35.5. The van der Waals surface area contributed by atoms with Gasteiger partial charge in [0.2, 0.25) is 0 Å². The lowest BCUT2D eigenvalue weighted by Gasteiger charge is -2.12. The molecule has 150 valence electrons. The van der Waals surface area contributed by atoms with Crippen LogP contribution in [0.2, 0.25) is 5.02 Å². The van der Waals surface area contributed by atoms with Crippen LogP contribution in [-0.2, 0) is 11.2 Å². The van der Waals surface area contributed by atoms with Crippen molar-refractivity contribution in [2.75, 3.05) is 13.2 Å². The molecule has 3 rings (SSSR count). The Morgan fingerprint density at radius 3 is 2.86 bits per heavy atom. The zero-order valence-corrected chi connectivity index (χ0v) is 16.8. The molecule has 1 aromatic carbocycles. The largest absolute Gasteiger partial charge is 0.488 e. The number of aromatic nitrogens is 2. The molecule has 0 bridgehead atoms. The number of aryl methyl sites for hydroxylation is 1. The average molecular weight is 413 g/mol. The van der Waals surface area contributed by atoms with Crippen molar-refractivity contribution in [3.05, 3.63) is 77.2 Å². The van der Waals surface area contributed by atoms with Crippen LogP contribution in [0.25, 0.3) is 0 Å². The highest BCUT2D eigenvalue weighted by Crippen LogP contribution is 2.30. The Morgan fingerprint density at radius 2 is 2.03 bits per heavy atom. The molecule has 0 saturated carbocycles. The Labute approximate surface area is 174 Å². The Bertz CT molecular complexity index is 965. The molecule has 0 spiro atoms. The Morgan fingerprint density at radius 1 is 1.14 bits per heavy atom. The van der Waals surface area contributed by atoms with Crippen molar-refractivity contribution >= 4 is 17.6 Å². The van der Waals surface area contributed by atoms with Gasteiger partial charge >= 0.3 is 5.97 Å². The van der Waals surface area contributed by atoms with E-state index in [-0.39, 0.29) is 5.97 Å². The van der Waals surface area contributed by atoms with Crippen molar-refractivity contribution in [3.8, 4) is 17.4 Å². The van der Waals surface area contributed by atoms with Crippen molar-refractivity contribution in [1.29, 1.82) is 0 Å². The summed E-state index contributed by atoms with van der Waals surface area (Å²) in [5.41, 5.74) is 1.37. The van der Waals surface area contributed by atoms with E-state index >= 15 is 0 Å². The number of hydrogen-bond acceptors (Lipinski definition) is 6. The summed E-state index contributed by atoms with van der Waals surface area (Å²) in [7, 11) is 0. The number of carbonyl (C=O) groups is 1. The lowest BCUT2D eigenvalue weighted by molar-refractivity contribution is 0.0524. The zero-order valence-electron chi connectivity index (χ0n) is 16.0. The fraction of sp³-hybridized carbons (Fsp3) is 0.227. The van der Waals surface area contributed by atoms with Crippen LogP contribution in [0.1, 0.15) is 29.3 Å². The SMILES string of the molecule is CCOC(=O)c1cnccc1CCCOc1cccnc1Oc1cccc(Cl)c1. The van der Waals surface area contributed by atoms with Crippen LogP contribution < -0.4 is 9.47 Å². The van der Waals surface area contributed by atoms with Crippen molar-refractivity contribution in [2.45, 2.75) is 19.8 Å². The Kier molecular flexibility index (Phi) is 7.41. The van der Waals surface area contributed by atoms with Crippen molar-refractivity contribution in [1.82, 2.24) is 9.97 Å². The summed E-state index contributed by atoms with van der Waals surface area (Å²) in [6, 6.07) is 12.5. The van der Waals surface area contributed by atoms with Gasteiger partial charge in [-0.05, 0) is 61.7 Å². The van der Waals surface area contributed by atoms with E-state index in [2.05, 4.69) is 9.97 Å². The molecule has 2 aromatic heterocycles. The zero-order chi connectivity index (χ0) is 20.5. The molecule has 7 heteroatoms. The van der Waals surface area contributed by atoms with Gasteiger partial charge in [0.15, 0.2) is 5.75 Å². The maximum atomic E-state index is 12.0. The van der Waals surface area contributed by atoms with Gasteiger partial charge in [0, 0.05) is 23.6 Å². The first-order chi connectivity index (χ1) is 14.2. The third-order valence-electron chi connectivity index (χ3n) is 4.00. The van der Waals surface area contributed by atoms with Crippen molar-refractivity contribution < 1.29 is 19.0 Å². The van der Waals surface area contributed by atoms with Gasteiger partial charge in [0.05, 0.1) is 18.8 Å². The fourth-order valence-electron chi connectivity index (χ4n) is 2.68. The lowest BCUT2D eigenvalue weighted by Crippen LogP contribution is -2.10.